The first kappa shape index (κ1) is 32.6. The molecule has 6 atom stereocenters. The van der Waals surface area contributed by atoms with Crippen molar-refractivity contribution < 1.29 is 33.6 Å². The van der Waals surface area contributed by atoms with Crippen LogP contribution in [0.15, 0.2) is 42.5 Å². The number of nitrogens with zero attached hydrogens (tertiary/aromatic N) is 1. The summed E-state index contributed by atoms with van der Waals surface area (Å²) in [6.07, 6.45) is 4.38. The first-order valence-electron chi connectivity index (χ1n) is 16.7. The molecule has 2 fully saturated rings. The molecule has 2 aliphatic heterocycles. The number of methoxy groups -OCH3 is 1. The molecular weight excluding hydrogens is 586 g/mol. The third-order valence-electron chi connectivity index (χ3n) is 10.6. The van der Waals surface area contributed by atoms with Crippen LogP contribution in [-0.4, -0.2) is 84.7 Å². The van der Waals surface area contributed by atoms with E-state index < -0.39 is 28.8 Å². The second-order valence-corrected chi connectivity index (χ2v) is 14.4. The smallest absolute Gasteiger partial charge is 0.407 e. The third kappa shape index (κ3) is 5.73. The van der Waals surface area contributed by atoms with Gasteiger partial charge in [-0.15, -0.1) is 0 Å². The molecule has 2 aromatic carbocycles. The molecule has 2 unspecified atom stereocenters. The van der Waals surface area contributed by atoms with Gasteiger partial charge in [0, 0.05) is 31.3 Å². The average molecular weight is 636 g/mol. The van der Waals surface area contributed by atoms with Crippen LogP contribution in [0.5, 0.6) is 11.5 Å². The van der Waals surface area contributed by atoms with Crippen molar-refractivity contribution in [3.8, 4) is 11.5 Å². The van der Waals surface area contributed by atoms with Crippen LogP contribution in [-0.2, 0) is 37.4 Å². The number of rotatable bonds is 11. The van der Waals surface area contributed by atoms with Crippen molar-refractivity contribution in [2.24, 2.45) is 0 Å². The first-order chi connectivity index (χ1) is 22.0. The van der Waals surface area contributed by atoms with E-state index in [1.165, 1.54) is 5.56 Å². The summed E-state index contributed by atoms with van der Waals surface area (Å²) in [4.78, 5) is 28.2. The van der Waals surface area contributed by atoms with Crippen LogP contribution in [0.4, 0.5) is 4.79 Å². The number of ether oxygens (including phenoxy) is 4. The number of phenolic OH excluding ortho intramolecular Hbond substituents is 1. The number of likely N-dealkylation sites (tertiary alicyclic amines) is 1. The van der Waals surface area contributed by atoms with Gasteiger partial charge in [0.05, 0.1) is 11.0 Å². The molecule has 6 rings (SSSR count). The van der Waals surface area contributed by atoms with Gasteiger partial charge >= 0.3 is 12.1 Å². The number of unbranched alkanes of at least 4 members (excludes halogenated alkanes) is 1. The van der Waals surface area contributed by atoms with Crippen LogP contribution in [0.25, 0.3) is 0 Å². The maximum absolute atomic E-state index is 13.6. The Labute approximate surface area is 272 Å². The maximum atomic E-state index is 13.6. The molecule has 1 spiro atoms. The number of likely N-dealkylation sites (N-methyl/N-ethyl adjacent to an activating group) is 1. The van der Waals surface area contributed by atoms with E-state index in [9.17, 15) is 14.7 Å². The fourth-order valence-corrected chi connectivity index (χ4v) is 8.65. The predicted molar refractivity (Wildman–Crippen MR) is 173 cm³/mol. The van der Waals surface area contributed by atoms with Gasteiger partial charge in [-0.1, -0.05) is 36.4 Å². The van der Waals surface area contributed by atoms with Crippen molar-refractivity contribution >= 4 is 12.1 Å². The minimum Gasteiger partial charge on any atom is -0.504 e. The Bertz CT molecular complexity index is 1430. The zero-order chi connectivity index (χ0) is 32.7. The van der Waals surface area contributed by atoms with Gasteiger partial charge in [-0.3, -0.25) is 10.1 Å². The normalized spacial score (nSPS) is 28.5. The molecule has 2 aromatic rings. The van der Waals surface area contributed by atoms with Crippen LogP contribution >= 0.6 is 0 Å². The summed E-state index contributed by atoms with van der Waals surface area (Å²) in [5, 5.41) is 17.5. The lowest BCUT2D eigenvalue weighted by atomic mass is 9.48. The van der Waals surface area contributed by atoms with E-state index in [1.54, 1.807) is 6.07 Å². The Hall–Kier alpha value is -3.34. The summed E-state index contributed by atoms with van der Waals surface area (Å²) in [6.45, 7) is 7.18. The predicted octanol–water partition coefficient (Wildman–Crippen LogP) is 4.60. The molecule has 0 aromatic heterocycles. The van der Waals surface area contributed by atoms with Crippen molar-refractivity contribution in [2.45, 2.75) is 113 Å². The van der Waals surface area contributed by atoms with Crippen molar-refractivity contribution in [2.75, 3.05) is 27.2 Å². The number of carbonyl (C=O) groups excluding carboxylic acids is 2. The van der Waals surface area contributed by atoms with E-state index in [0.717, 1.165) is 43.4 Å². The number of carbonyl (C=O) groups is 2. The van der Waals surface area contributed by atoms with E-state index in [-0.39, 0.29) is 36.5 Å². The fourth-order valence-electron chi connectivity index (χ4n) is 8.65. The number of alkyl carbamates (subject to hydrolysis) is 1. The van der Waals surface area contributed by atoms with Crippen LogP contribution in [0, 0.1) is 0 Å². The average Bonchev–Trinajstić information content (AvgIpc) is 3.38. The van der Waals surface area contributed by atoms with Gasteiger partial charge in [0.2, 0.25) is 0 Å². The molecule has 1 amide bonds. The highest BCUT2D eigenvalue weighted by Gasteiger charge is 2.73. The zero-order valence-corrected chi connectivity index (χ0v) is 27.8. The molecule has 2 bridgehead atoms. The van der Waals surface area contributed by atoms with Gasteiger partial charge in [-0.2, -0.15) is 0 Å². The molecule has 0 radical (unpaired) electrons. The number of amides is 1. The van der Waals surface area contributed by atoms with E-state index >= 15 is 0 Å². The van der Waals surface area contributed by atoms with Crippen LogP contribution in [0.3, 0.4) is 0 Å². The topological polar surface area (TPSA) is 119 Å². The lowest BCUT2D eigenvalue weighted by molar-refractivity contribution is -0.204. The van der Waals surface area contributed by atoms with Gasteiger partial charge in [0.1, 0.15) is 24.4 Å². The number of hydrogen-bond acceptors (Lipinski definition) is 9. The molecule has 250 valence electrons. The van der Waals surface area contributed by atoms with Crippen molar-refractivity contribution in [1.82, 2.24) is 15.5 Å². The lowest BCUT2D eigenvalue weighted by Gasteiger charge is -2.65. The fraction of sp³-hybridized carbons (Fsp3) is 0.611. The number of hydrogen-bond donors (Lipinski definition) is 3. The summed E-state index contributed by atoms with van der Waals surface area (Å²) < 4.78 is 24.5. The second-order valence-electron chi connectivity index (χ2n) is 14.4. The summed E-state index contributed by atoms with van der Waals surface area (Å²) in [7, 11) is 4.00. The van der Waals surface area contributed by atoms with Gasteiger partial charge in [0.25, 0.3) is 0 Å². The molecule has 46 heavy (non-hydrogen) atoms. The Morgan fingerprint density at radius 1 is 1.13 bits per heavy atom. The number of esters is 1. The Balaban J connectivity index is 1.16. The monoisotopic (exact) mass is 635 g/mol. The second kappa shape index (κ2) is 12.7. The SMILES string of the molecule is CO[C@@]12CCC(N[C@@H](CCCCNC(=O)OCc3ccccc3)C(=O)OC(C)(C)C)[C@@H]3Oc4c(O)ccc5c4[C@@]31CCN(C)C2C5. The minimum absolute atomic E-state index is 0.155. The quantitative estimate of drug-likeness (QED) is 0.241. The molecule has 1 saturated carbocycles. The Morgan fingerprint density at radius 2 is 1.91 bits per heavy atom. The zero-order valence-electron chi connectivity index (χ0n) is 27.8. The van der Waals surface area contributed by atoms with Crippen LogP contribution in [0.1, 0.15) is 76.0 Å². The van der Waals surface area contributed by atoms with Gasteiger partial charge in [-0.05, 0) is 96.5 Å². The maximum Gasteiger partial charge on any atom is 0.407 e. The van der Waals surface area contributed by atoms with Crippen molar-refractivity contribution in [3.05, 3.63) is 59.2 Å². The van der Waals surface area contributed by atoms with Gasteiger partial charge in [0.15, 0.2) is 11.5 Å². The Morgan fingerprint density at radius 3 is 2.65 bits per heavy atom. The van der Waals surface area contributed by atoms with E-state index in [0.29, 0.717) is 31.6 Å². The minimum atomic E-state index is -0.636. The number of benzene rings is 2. The molecule has 4 aliphatic rings. The largest absolute Gasteiger partial charge is 0.504 e. The molecule has 2 heterocycles. The lowest BCUT2D eigenvalue weighted by Crippen LogP contribution is -2.78. The number of aromatic hydroxyl groups is 1. The summed E-state index contributed by atoms with van der Waals surface area (Å²) in [5.74, 6) is 0.426. The first-order valence-corrected chi connectivity index (χ1v) is 16.7. The number of piperidine rings is 1. The van der Waals surface area contributed by atoms with Crippen molar-refractivity contribution in [1.29, 1.82) is 0 Å². The van der Waals surface area contributed by atoms with Crippen molar-refractivity contribution in [3.63, 3.8) is 0 Å². The van der Waals surface area contributed by atoms with E-state index in [1.807, 2.05) is 64.3 Å². The Kier molecular flexibility index (Phi) is 8.99. The highest BCUT2D eigenvalue weighted by Crippen LogP contribution is 2.66. The standard InChI is InChI=1S/C36H49N3O7/c1-34(2,3)46-32(41)26(13-9-10-19-37-33(42)44-22-23-11-7-6-8-12-23)38-25-16-17-36(43-5)28-21-24-14-15-27(40)30-29(24)35(36,31(25)45-30)18-20-39(28)4/h6-8,11-12,14-15,25-26,28,31,38,40H,9-10,13,16-22H2,1-5H3,(H,37,42)/t25?,26-,28?,31-,35-,36+/m0/s1. The molecule has 3 N–H and O–H groups in total. The molecule has 10 nitrogen and oxygen atoms in total. The van der Waals surface area contributed by atoms with Crippen LogP contribution in [0.2, 0.25) is 0 Å². The molecular formula is C36H49N3O7. The van der Waals surface area contributed by atoms with Gasteiger partial charge < -0.3 is 34.3 Å². The number of phenols is 1. The summed E-state index contributed by atoms with van der Waals surface area (Å²) >= 11 is 0. The molecule has 10 heteroatoms. The van der Waals surface area contributed by atoms with Gasteiger partial charge in [-0.25, -0.2) is 4.79 Å². The molecule has 1 saturated heterocycles. The van der Waals surface area contributed by atoms with Crippen LogP contribution < -0.4 is 15.4 Å². The highest BCUT2D eigenvalue weighted by atomic mass is 16.6. The summed E-state index contributed by atoms with van der Waals surface area (Å²) in [5.41, 5.74) is 1.69. The third-order valence-corrected chi connectivity index (χ3v) is 10.6. The number of nitrogens with one attached hydrogen (secondary N) is 2. The van der Waals surface area contributed by atoms with E-state index in [4.69, 9.17) is 18.9 Å². The molecule has 2 aliphatic carbocycles. The highest BCUT2D eigenvalue weighted by molar-refractivity contribution is 5.76. The summed E-state index contributed by atoms with van der Waals surface area (Å²) in [6, 6.07) is 12.8. The van der Waals surface area contributed by atoms with E-state index in [2.05, 4.69) is 22.6 Å².